The van der Waals surface area contributed by atoms with Crippen molar-refractivity contribution in [3.63, 3.8) is 0 Å². The molecule has 14 nitrogen and oxygen atoms in total. The highest BCUT2D eigenvalue weighted by molar-refractivity contribution is 9.10. The SMILES string of the molecule is Brc1ncnc2nc[nH]c12.CC(C)(N)c1nc2cccc(Cl)c2nc1-c1cccc(F)c1.CC(C)(Nc1ncnc2nc[nH]c12)c1nc2cccc(Cl)c2nc1-c1cccc(F)c1. The minimum Gasteiger partial charge on any atom is -0.358 e. The van der Waals surface area contributed by atoms with E-state index in [0.717, 1.165) is 10.1 Å². The van der Waals surface area contributed by atoms with Crippen molar-refractivity contribution < 1.29 is 8.78 Å². The van der Waals surface area contributed by atoms with Crippen LogP contribution in [0, 0.1) is 11.6 Å². The summed E-state index contributed by atoms with van der Waals surface area (Å²) < 4.78 is 28.4. The maximum absolute atomic E-state index is 14.0. The molecule has 4 aromatic carbocycles. The minimum absolute atomic E-state index is 0.334. The number of hydrogen-bond acceptors (Lipinski definition) is 12. The normalized spacial score (nSPS) is 11.7. The van der Waals surface area contributed by atoms with Gasteiger partial charge in [-0.1, -0.05) is 59.6 Å². The van der Waals surface area contributed by atoms with Crippen molar-refractivity contribution in [2.24, 2.45) is 5.73 Å². The molecular formula is C44H35BrCl2F2N14. The van der Waals surface area contributed by atoms with Gasteiger partial charge in [-0.15, -0.1) is 0 Å². The van der Waals surface area contributed by atoms with Crippen LogP contribution in [0.2, 0.25) is 10.0 Å². The Morgan fingerprint density at radius 2 is 1.10 bits per heavy atom. The molecule has 0 radical (unpaired) electrons. The van der Waals surface area contributed by atoms with E-state index in [2.05, 4.69) is 71.1 Å². The molecule has 10 aromatic rings. The fourth-order valence-corrected chi connectivity index (χ4v) is 7.40. The Morgan fingerprint density at radius 3 is 1.63 bits per heavy atom. The second-order valence-electron chi connectivity index (χ2n) is 15.1. The molecule has 0 aliphatic rings. The van der Waals surface area contributed by atoms with Gasteiger partial charge in [-0.3, -0.25) is 0 Å². The Kier molecular flexibility index (Phi) is 12.0. The van der Waals surface area contributed by atoms with Crippen molar-refractivity contribution in [3.8, 4) is 22.5 Å². The zero-order chi connectivity index (χ0) is 44.5. The lowest BCUT2D eigenvalue weighted by Gasteiger charge is -2.28. The van der Waals surface area contributed by atoms with Crippen LogP contribution >= 0.6 is 39.1 Å². The quantitative estimate of drug-likeness (QED) is 0.115. The van der Waals surface area contributed by atoms with E-state index in [4.69, 9.17) is 38.9 Å². The Morgan fingerprint density at radius 1 is 0.603 bits per heavy atom. The maximum atomic E-state index is 14.0. The first-order valence-electron chi connectivity index (χ1n) is 19.1. The average molecular weight is 949 g/mol. The number of hydrogen-bond donors (Lipinski definition) is 4. The molecule has 0 fully saturated rings. The molecule has 6 aromatic heterocycles. The van der Waals surface area contributed by atoms with Crippen molar-refractivity contribution in [3.05, 3.63) is 148 Å². The third-order valence-electron chi connectivity index (χ3n) is 9.52. The van der Waals surface area contributed by atoms with Crippen LogP contribution < -0.4 is 11.1 Å². The first-order chi connectivity index (χ1) is 30.2. The van der Waals surface area contributed by atoms with Gasteiger partial charge in [-0.05, 0) is 92.2 Å². The number of H-pyrrole nitrogens is 2. The van der Waals surface area contributed by atoms with Crippen molar-refractivity contribution in [2.45, 2.75) is 38.8 Å². The van der Waals surface area contributed by atoms with Crippen LogP contribution in [0.4, 0.5) is 14.6 Å². The molecule has 0 bridgehead atoms. The molecule has 0 unspecified atom stereocenters. The van der Waals surface area contributed by atoms with Crippen LogP contribution in [0.1, 0.15) is 39.1 Å². The van der Waals surface area contributed by atoms with E-state index in [1.807, 2.05) is 52.0 Å². The second-order valence-corrected chi connectivity index (χ2v) is 16.7. The molecule has 316 valence electrons. The van der Waals surface area contributed by atoms with Gasteiger partial charge < -0.3 is 21.0 Å². The van der Waals surface area contributed by atoms with Crippen molar-refractivity contribution in [1.82, 2.24) is 59.8 Å². The number of aromatic nitrogens is 12. The topological polar surface area (TPSA) is 199 Å². The summed E-state index contributed by atoms with van der Waals surface area (Å²) in [6.07, 6.45) is 6.06. The number of nitrogens with one attached hydrogen (secondary N) is 3. The number of nitrogens with two attached hydrogens (primary N) is 1. The van der Waals surface area contributed by atoms with Crippen LogP contribution in [0.3, 0.4) is 0 Å². The Hall–Kier alpha value is -6.66. The van der Waals surface area contributed by atoms with Gasteiger partial charge in [0.2, 0.25) is 0 Å². The monoisotopic (exact) mass is 946 g/mol. The standard InChI is InChI=1S/C22H17ClFN7.C17H15ClFN3.C5H3BrN4/c1-22(2,31-21-18-20(26-10-25-18)27-11-28-21)19-16(12-5-3-6-13(24)9-12)30-17-14(23)7-4-8-15(17)29-19;1-17(2,20)16-14(10-5-3-6-11(19)9-10)22-15-12(18)7-4-8-13(15)21-16;6-4-3-5(9-1-7-3)10-2-8-4/h3-11H,1-2H3,(H2,25,26,27,28,31);3-9H,20H2,1-2H3;1-2H,(H,7,8,9,10). The molecule has 0 saturated carbocycles. The first kappa shape index (κ1) is 43.0. The van der Waals surface area contributed by atoms with Gasteiger partial charge in [0.1, 0.15) is 51.0 Å². The van der Waals surface area contributed by atoms with Crippen LogP contribution in [0.5, 0.6) is 0 Å². The lowest BCUT2D eigenvalue weighted by Crippen LogP contribution is -2.31. The molecule has 0 amide bonds. The molecular weight excluding hydrogens is 913 g/mol. The number of para-hydroxylation sites is 2. The summed E-state index contributed by atoms with van der Waals surface area (Å²) in [5, 5.41) is 4.40. The largest absolute Gasteiger partial charge is 0.358 e. The van der Waals surface area contributed by atoms with Gasteiger partial charge in [0.05, 0.1) is 67.6 Å². The zero-order valence-corrected chi connectivity index (χ0v) is 36.9. The fourth-order valence-electron chi connectivity index (χ4n) is 6.60. The van der Waals surface area contributed by atoms with E-state index < -0.39 is 11.1 Å². The number of rotatable bonds is 6. The number of anilines is 1. The summed E-state index contributed by atoms with van der Waals surface area (Å²) in [6, 6.07) is 23.3. The number of halogens is 5. The third kappa shape index (κ3) is 9.27. The molecule has 10 rings (SSSR count). The van der Waals surface area contributed by atoms with Gasteiger partial charge >= 0.3 is 0 Å². The lowest BCUT2D eigenvalue weighted by atomic mass is 9.94. The van der Waals surface area contributed by atoms with E-state index in [-0.39, 0.29) is 11.6 Å². The Labute approximate surface area is 376 Å². The number of aromatic amines is 2. The molecule has 63 heavy (non-hydrogen) atoms. The van der Waals surface area contributed by atoms with Gasteiger partial charge in [-0.25, -0.2) is 58.6 Å². The summed E-state index contributed by atoms with van der Waals surface area (Å²) in [7, 11) is 0. The lowest BCUT2D eigenvalue weighted by molar-refractivity contribution is 0.537. The molecule has 0 saturated heterocycles. The molecule has 0 aliphatic heterocycles. The van der Waals surface area contributed by atoms with E-state index in [9.17, 15) is 8.78 Å². The summed E-state index contributed by atoms with van der Waals surface area (Å²) >= 11 is 15.8. The summed E-state index contributed by atoms with van der Waals surface area (Å²) in [5.41, 5.74) is 13.5. The van der Waals surface area contributed by atoms with Gasteiger partial charge in [-0.2, -0.15) is 0 Å². The van der Waals surface area contributed by atoms with E-state index in [1.54, 1.807) is 49.1 Å². The van der Waals surface area contributed by atoms with Crippen LogP contribution in [0.15, 0.2) is 115 Å². The van der Waals surface area contributed by atoms with Crippen molar-refractivity contribution in [2.75, 3.05) is 5.32 Å². The van der Waals surface area contributed by atoms with E-state index in [1.165, 1.54) is 36.9 Å². The van der Waals surface area contributed by atoms with Gasteiger partial charge in [0, 0.05) is 11.1 Å². The third-order valence-corrected chi connectivity index (χ3v) is 10.7. The van der Waals surface area contributed by atoms with E-state index >= 15 is 0 Å². The molecule has 5 N–H and O–H groups in total. The summed E-state index contributed by atoms with van der Waals surface area (Å²) in [6.45, 7) is 7.60. The summed E-state index contributed by atoms with van der Waals surface area (Å²) in [4.78, 5) is 49.3. The highest BCUT2D eigenvalue weighted by Gasteiger charge is 2.30. The molecule has 6 heterocycles. The first-order valence-corrected chi connectivity index (χ1v) is 20.7. The highest BCUT2D eigenvalue weighted by Crippen LogP contribution is 2.36. The molecule has 19 heteroatoms. The number of nitrogens with zero attached hydrogens (tertiary/aromatic N) is 10. The van der Waals surface area contributed by atoms with Gasteiger partial charge in [0.15, 0.2) is 17.1 Å². The predicted octanol–water partition coefficient (Wildman–Crippen LogP) is 10.5. The minimum atomic E-state index is -0.739. The molecule has 0 atom stereocenters. The molecule has 0 spiro atoms. The number of imidazole rings is 2. The number of benzene rings is 4. The number of fused-ring (bicyclic) bond motifs is 4. The molecule has 0 aliphatic carbocycles. The average Bonchev–Trinajstić information content (AvgIpc) is 3.95. The van der Waals surface area contributed by atoms with Gasteiger partial charge in [0.25, 0.3) is 0 Å². The summed E-state index contributed by atoms with van der Waals surface area (Å²) in [5.74, 6) is -0.116. The van der Waals surface area contributed by atoms with Crippen LogP contribution in [-0.2, 0) is 11.1 Å². The fraction of sp³-hybridized carbons (Fsp3) is 0.136. The van der Waals surface area contributed by atoms with Crippen LogP contribution in [0.25, 0.3) is 66.9 Å². The smallest absolute Gasteiger partial charge is 0.182 e. The highest BCUT2D eigenvalue weighted by atomic mass is 79.9. The second kappa shape index (κ2) is 17.6. The predicted molar refractivity (Wildman–Crippen MR) is 245 cm³/mol. The maximum Gasteiger partial charge on any atom is 0.182 e. The Balaban J connectivity index is 0.000000147. The van der Waals surface area contributed by atoms with Crippen LogP contribution in [-0.4, -0.2) is 59.8 Å². The van der Waals surface area contributed by atoms with E-state index in [0.29, 0.717) is 88.6 Å². The Bertz CT molecular complexity index is 3280. The zero-order valence-electron chi connectivity index (χ0n) is 33.8. The van der Waals surface area contributed by atoms with Crippen molar-refractivity contribution in [1.29, 1.82) is 0 Å². The van der Waals surface area contributed by atoms with Crippen molar-refractivity contribution >= 4 is 89.3 Å².